The normalized spacial score (nSPS) is 34.6. The quantitative estimate of drug-likeness (QED) is 0.656. The second-order valence-electron chi connectivity index (χ2n) is 4.77. The van der Waals surface area contributed by atoms with E-state index in [0.29, 0.717) is 5.92 Å². The second-order valence-corrected chi connectivity index (χ2v) is 4.77. The van der Waals surface area contributed by atoms with Gasteiger partial charge in [0.1, 0.15) is 0 Å². The fourth-order valence-corrected chi connectivity index (χ4v) is 2.44. The zero-order valence-electron chi connectivity index (χ0n) is 8.13. The van der Waals surface area contributed by atoms with E-state index in [1.165, 1.54) is 0 Å². The monoisotopic (exact) mass is 170 g/mol. The predicted molar refractivity (Wildman–Crippen MR) is 47.9 cm³/mol. The summed E-state index contributed by atoms with van der Waals surface area (Å²) in [7, 11) is 0. The van der Waals surface area contributed by atoms with Crippen LogP contribution in [0.1, 0.15) is 40.0 Å². The zero-order chi connectivity index (χ0) is 9.35. The summed E-state index contributed by atoms with van der Waals surface area (Å²) in [6.07, 6.45) is 2.97. The summed E-state index contributed by atoms with van der Waals surface area (Å²) in [4.78, 5) is 10.9. The Morgan fingerprint density at radius 3 is 2.42 bits per heavy atom. The number of hydrogen-bond donors (Lipinski definition) is 1. The van der Waals surface area contributed by atoms with Crippen molar-refractivity contribution in [3.8, 4) is 0 Å². The predicted octanol–water partition coefficient (Wildman–Crippen LogP) is 2.53. The molecule has 1 aliphatic carbocycles. The summed E-state index contributed by atoms with van der Waals surface area (Å²) in [5.74, 6) is -0.0591. The number of carboxylic acids is 1. The molecular formula is C10H18O2. The molecular weight excluding hydrogens is 152 g/mol. The molecule has 2 heteroatoms. The molecule has 0 aromatic heterocycles. The molecule has 1 aliphatic rings. The van der Waals surface area contributed by atoms with Gasteiger partial charge in [0.05, 0.1) is 5.92 Å². The lowest BCUT2D eigenvalue weighted by molar-refractivity contribution is -0.148. The van der Waals surface area contributed by atoms with Gasteiger partial charge in [-0.3, -0.25) is 4.79 Å². The number of rotatable bonds is 1. The van der Waals surface area contributed by atoms with E-state index < -0.39 is 5.97 Å². The molecule has 0 amide bonds. The van der Waals surface area contributed by atoms with Crippen molar-refractivity contribution in [1.29, 1.82) is 0 Å². The highest BCUT2D eigenvalue weighted by molar-refractivity contribution is 5.71. The van der Waals surface area contributed by atoms with Crippen LogP contribution in [0.4, 0.5) is 0 Å². The van der Waals surface area contributed by atoms with E-state index in [-0.39, 0.29) is 11.3 Å². The Balaban J connectivity index is 2.70. The van der Waals surface area contributed by atoms with Crippen LogP contribution >= 0.6 is 0 Å². The average Bonchev–Trinajstić information content (AvgIpc) is 1.82. The third-order valence-electron chi connectivity index (χ3n) is 3.06. The Kier molecular flexibility index (Phi) is 2.45. The Morgan fingerprint density at radius 2 is 2.00 bits per heavy atom. The van der Waals surface area contributed by atoms with Crippen LogP contribution in [0.2, 0.25) is 0 Å². The van der Waals surface area contributed by atoms with E-state index in [2.05, 4.69) is 20.8 Å². The van der Waals surface area contributed by atoms with Crippen molar-refractivity contribution in [3.05, 3.63) is 0 Å². The summed E-state index contributed by atoms with van der Waals surface area (Å²) in [6.45, 7) is 6.35. The van der Waals surface area contributed by atoms with Crippen LogP contribution in [0.25, 0.3) is 0 Å². The third kappa shape index (κ3) is 1.79. The first-order valence-corrected chi connectivity index (χ1v) is 4.66. The molecule has 0 bridgehead atoms. The minimum Gasteiger partial charge on any atom is -0.481 e. The number of aliphatic carboxylic acids is 1. The van der Waals surface area contributed by atoms with Crippen molar-refractivity contribution in [2.75, 3.05) is 0 Å². The van der Waals surface area contributed by atoms with Crippen molar-refractivity contribution < 1.29 is 9.90 Å². The van der Waals surface area contributed by atoms with Crippen LogP contribution < -0.4 is 0 Å². The third-order valence-corrected chi connectivity index (χ3v) is 3.06. The lowest BCUT2D eigenvalue weighted by Crippen LogP contribution is -2.36. The molecule has 2 atom stereocenters. The molecule has 0 aromatic carbocycles. The largest absolute Gasteiger partial charge is 0.481 e. The summed E-state index contributed by atoms with van der Waals surface area (Å²) in [5.41, 5.74) is -0.0104. The van der Waals surface area contributed by atoms with Crippen LogP contribution in [-0.4, -0.2) is 11.1 Å². The molecule has 0 aromatic rings. The van der Waals surface area contributed by atoms with Crippen molar-refractivity contribution in [2.45, 2.75) is 40.0 Å². The van der Waals surface area contributed by atoms with Crippen molar-refractivity contribution >= 4 is 5.97 Å². The molecule has 0 spiro atoms. The first-order chi connectivity index (χ1) is 5.43. The summed E-state index contributed by atoms with van der Waals surface area (Å²) < 4.78 is 0. The van der Waals surface area contributed by atoms with E-state index >= 15 is 0 Å². The van der Waals surface area contributed by atoms with Crippen molar-refractivity contribution in [2.24, 2.45) is 17.3 Å². The smallest absolute Gasteiger partial charge is 0.307 e. The first-order valence-electron chi connectivity index (χ1n) is 4.66. The maximum absolute atomic E-state index is 10.9. The van der Waals surface area contributed by atoms with Gasteiger partial charge in [0.15, 0.2) is 0 Å². The lowest BCUT2D eigenvalue weighted by atomic mass is 9.65. The van der Waals surface area contributed by atoms with E-state index in [0.717, 1.165) is 19.3 Å². The zero-order valence-corrected chi connectivity index (χ0v) is 8.13. The van der Waals surface area contributed by atoms with Crippen LogP contribution in [0.5, 0.6) is 0 Å². The lowest BCUT2D eigenvalue weighted by Gasteiger charge is -2.38. The standard InChI is InChI=1S/C10H18O2/c1-7-4-5-8(9(11)12)10(2,3)6-7/h7-8H,4-6H2,1-3H3,(H,11,12)/t7-,8?/m0/s1. The Morgan fingerprint density at radius 1 is 1.42 bits per heavy atom. The molecule has 1 fully saturated rings. The van der Waals surface area contributed by atoms with Gasteiger partial charge in [0.2, 0.25) is 0 Å². The van der Waals surface area contributed by atoms with Crippen molar-refractivity contribution in [3.63, 3.8) is 0 Å². The first kappa shape index (κ1) is 9.56. The molecule has 70 valence electrons. The van der Waals surface area contributed by atoms with Gasteiger partial charge in [0.25, 0.3) is 0 Å². The molecule has 0 radical (unpaired) electrons. The van der Waals surface area contributed by atoms with Gasteiger partial charge in [-0.25, -0.2) is 0 Å². The fourth-order valence-electron chi connectivity index (χ4n) is 2.44. The molecule has 1 saturated carbocycles. The molecule has 0 heterocycles. The maximum Gasteiger partial charge on any atom is 0.307 e. The highest BCUT2D eigenvalue weighted by Crippen LogP contribution is 2.43. The highest BCUT2D eigenvalue weighted by atomic mass is 16.4. The molecule has 2 nitrogen and oxygen atoms in total. The van der Waals surface area contributed by atoms with Gasteiger partial charge in [-0.05, 0) is 30.6 Å². The fraction of sp³-hybridized carbons (Fsp3) is 0.900. The van der Waals surface area contributed by atoms with Gasteiger partial charge in [-0.1, -0.05) is 20.8 Å². The summed E-state index contributed by atoms with van der Waals surface area (Å²) in [5, 5.41) is 8.96. The highest BCUT2D eigenvalue weighted by Gasteiger charge is 2.39. The SMILES string of the molecule is C[C@H]1CCC(C(=O)O)C(C)(C)C1. The van der Waals surface area contributed by atoms with Gasteiger partial charge < -0.3 is 5.11 Å². The molecule has 1 N–H and O–H groups in total. The van der Waals surface area contributed by atoms with E-state index in [4.69, 9.17) is 5.11 Å². The van der Waals surface area contributed by atoms with Gasteiger partial charge >= 0.3 is 5.97 Å². The number of carboxylic acid groups (broad SMARTS) is 1. The number of carbonyl (C=O) groups is 1. The van der Waals surface area contributed by atoms with Crippen LogP contribution in [0, 0.1) is 17.3 Å². The van der Waals surface area contributed by atoms with Crippen LogP contribution in [0.3, 0.4) is 0 Å². The topological polar surface area (TPSA) is 37.3 Å². The van der Waals surface area contributed by atoms with E-state index in [1.807, 2.05) is 0 Å². The minimum absolute atomic E-state index is 0.0104. The van der Waals surface area contributed by atoms with Gasteiger partial charge in [-0.15, -0.1) is 0 Å². The van der Waals surface area contributed by atoms with Gasteiger partial charge in [-0.2, -0.15) is 0 Å². The Labute approximate surface area is 74.0 Å². The van der Waals surface area contributed by atoms with E-state index in [1.54, 1.807) is 0 Å². The maximum atomic E-state index is 10.9. The summed E-state index contributed by atoms with van der Waals surface area (Å²) >= 11 is 0. The van der Waals surface area contributed by atoms with Gasteiger partial charge in [0, 0.05) is 0 Å². The minimum atomic E-state index is -0.619. The molecule has 12 heavy (non-hydrogen) atoms. The molecule has 0 saturated heterocycles. The average molecular weight is 170 g/mol. The second kappa shape index (κ2) is 3.08. The van der Waals surface area contributed by atoms with Crippen LogP contribution in [-0.2, 0) is 4.79 Å². The summed E-state index contributed by atoms with van der Waals surface area (Å²) in [6, 6.07) is 0. The van der Waals surface area contributed by atoms with Crippen molar-refractivity contribution in [1.82, 2.24) is 0 Å². The molecule has 1 unspecified atom stereocenters. The van der Waals surface area contributed by atoms with Crippen LogP contribution in [0.15, 0.2) is 0 Å². The molecule has 1 rings (SSSR count). The Bertz CT molecular complexity index is 184. The Hall–Kier alpha value is -0.530. The molecule has 0 aliphatic heterocycles. The number of hydrogen-bond acceptors (Lipinski definition) is 1. The van der Waals surface area contributed by atoms with E-state index in [9.17, 15) is 4.79 Å².